The highest BCUT2D eigenvalue weighted by molar-refractivity contribution is 7.26. The highest BCUT2D eigenvalue weighted by Crippen LogP contribution is 2.57. The average molecular weight is 812 g/mol. The Hall–Kier alpha value is -7.79. The molecule has 290 valence electrons. The maximum absolute atomic E-state index is 9.41. The highest BCUT2D eigenvalue weighted by Gasteiger charge is 2.46. The lowest BCUT2D eigenvalue weighted by molar-refractivity contribution is 0.769. The number of rotatable bonds is 7. The van der Waals surface area contributed by atoms with E-state index in [1.807, 2.05) is 72.8 Å². The van der Waals surface area contributed by atoms with E-state index in [0.717, 1.165) is 42.4 Å². The van der Waals surface area contributed by atoms with Gasteiger partial charge in [-0.05, 0) is 73.8 Å². The number of hydrogen-bond acceptors (Lipinski definition) is 4. The molecular weight excluding hydrogens is 771 g/mol. The van der Waals surface area contributed by atoms with Gasteiger partial charge < -0.3 is 0 Å². The Bertz CT molecular complexity index is 3670. The van der Waals surface area contributed by atoms with Gasteiger partial charge in [0.1, 0.15) is 0 Å². The Kier molecular flexibility index (Phi) is 7.62. The Morgan fingerprint density at radius 1 is 0.371 bits per heavy atom. The van der Waals surface area contributed by atoms with E-state index < -0.39 is 5.41 Å². The molecule has 0 unspecified atom stereocenters. The first-order valence-electron chi connectivity index (χ1n) is 22.7. The normalized spacial score (nSPS) is 13.5. The summed E-state index contributed by atoms with van der Waals surface area (Å²) in [5.41, 5.74) is 11.2. The minimum atomic E-state index is -0.597. The summed E-state index contributed by atoms with van der Waals surface area (Å²) < 4.78 is 38.4. The molecule has 11 aromatic rings. The second kappa shape index (κ2) is 14.7. The molecule has 4 heteroatoms. The Morgan fingerprint density at radius 3 is 1.65 bits per heavy atom. The standard InChI is InChI=1S/C58H37N3S/c1-4-19-38(20-5-1)42-25-10-12-29-48(42)55-59-56(61-57(60-55)50-32-18-31-47-46-28-15-17-34-53(46)62-54(47)50)49-30-13-11-26-43(49)39-35-36-45-44-27-14-16-33-51(44)58(52(45)37-39,40-21-6-2-7-22-40)41-23-8-3-9-24-41/h1-37H/i10D,12D,25D,29D. The van der Waals surface area contributed by atoms with E-state index in [0.29, 0.717) is 22.8 Å². The molecule has 62 heavy (non-hydrogen) atoms. The predicted molar refractivity (Wildman–Crippen MR) is 257 cm³/mol. The molecule has 1 aliphatic rings. The molecular formula is C58H37N3S. The number of thiophene rings is 1. The minimum Gasteiger partial charge on any atom is -0.208 e. The van der Waals surface area contributed by atoms with Crippen LogP contribution >= 0.6 is 11.3 Å². The summed E-state index contributed by atoms with van der Waals surface area (Å²) in [6, 6.07) is 67.9. The zero-order valence-corrected chi connectivity index (χ0v) is 34.1. The van der Waals surface area contributed by atoms with Crippen LogP contribution in [0.15, 0.2) is 224 Å². The van der Waals surface area contributed by atoms with E-state index >= 15 is 0 Å². The van der Waals surface area contributed by atoms with Gasteiger partial charge in [0, 0.05) is 36.9 Å². The average Bonchev–Trinajstić information content (AvgIpc) is 3.91. The van der Waals surface area contributed by atoms with Crippen molar-refractivity contribution in [1.82, 2.24) is 15.0 Å². The van der Waals surface area contributed by atoms with Crippen molar-refractivity contribution in [3.05, 3.63) is 247 Å². The lowest BCUT2D eigenvalue weighted by atomic mass is 9.67. The second-order valence-corrected chi connectivity index (χ2v) is 16.6. The summed E-state index contributed by atoms with van der Waals surface area (Å²) in [5, 5.41) is 2.23. The SMILES string of the molecule is [2H]c1c([2H])c([2H])c(-c2nc(-c3ccccc3-c3ccc4c(c3)C(c3ccccc3)(c3ccccc3)c3ccccc3-4)nc(-c3cccc4c3sc3ccccc34)n2)c(-c2ccccc2)c1[2H]. The molecule has 0 saturated carbocycles. The van der Waals surface area contributed by atoms with E-state index in [2.05, 4.69) is 127 Å². The Balaban J connectivity index is 1.13. The first-order chi connectivity index (χ1) is 32.4. The lowest BCUT2D eigenvalue weighted by Crippen LogP contribution is -2.28. The second-order valence-electron chi connectivity index (χ2n) is 15.5. The van der Waals surface area contributed by atoms with Crippen LogP contribution in [0.4, 0.5) is 0 Å². The van der Waals surface area contributed by atoms with Gasteiger partial charge in [0.2, 0.25) is 0 Å². The maximum Gasteiger partial charge on any atom is 0.165 e. The van der Waals surface area contributed by atoms with E-state index in [-0.39, 0.29) is 35.6 Å². The van der Waals surface area contributed by atoms with Crippen LogP contribution in [0.2, 0.25) is 0 Å². The van der Waals surface area contributed by atoms with E-state index in [1.165, 1.54) is 33.4 Å². The summed E-state index contributed by atoms with van der Waals surface area (Å²) in [7, 11) is 0. The molecule has 0 fully saturated rings. The molecule has 0 atom stereocenters. The van der Waals surface area contributed by atoms with Crippen LogP contribution in [-0.4, -0.2) is 15.0 Å². The fraction of sp³-hybridized carbons (Fsp3) is 0.0172. The summed E-state index contributed by atoms with van der Waals surface area (Å²) in [6.45, 7) is 0. The van der Waals surface area contributed by atoms with Gasteiger partial charge in [-0.1, -0.05) is 206 Å². The van der Waals surface area contributed by atoms with Crippen LogP contribution in [0.1, 0.15) is 27.7 Å². The molecule has 12 rings (SSSR count). The minimum absolute atomic E-state index is 0.158. The molecule has 2 heterocycles. The first-order valence-corrected chi connectivity index (χ1v) is 21.5. The molecule has 0 amide bonds. The number of fused-ring (bicyclic) bond motifs is 6. The first kappa shape index (κ1) is 32.0. The van der Waals surface area contributed by atoms with E-state index in [9.17, 15) is 2.74 Å². The van der Waals surface area contributed by atoms with Gasteiger partial charge in [-0.15, -0.1) is 11.3 Å². The molecule has 0 saturated heterocycles. The van der Waals surface area contributed by atoms with Gasteiger partial charge in [-0.25, -0.2) is 15.0 Å². The summed E-state index contributed by atoms with van der Waals surface area (Å²) >= 11 is 1.68. The van der Waals surface area contributed by atoms with E-state index in [1.54, 1.807) is 11.3 Å². The molecule has 0 radical (unpaired) electrons. The van der Waals surface area contributed by atoms with Crippen molar-refractivity contribution in [2.75, 3.05) is 0 Å². The van der Waals surface area contributed by atoms with Gasteiger partial charge in [-0.3, -0.25) is 0 Å². The van der Waals surface area contributed by atoms with Crippen molar-refractivity contribution in [2.45, 2.75) is 5.41 Å². The third kappa shape index (κ3) is 5.68. The van der Waals surface area contributed by atoms with Crippen molar-refractivity contribution in [2.24, 2.45) is 0 Å². The topological polar surface area (TPSA) is 38.7 Å². The molecule has 0 bridgehead atoms. The van der Waals surface area contributed by atoms with Gasteiger partial charge in [0.05, 0.1) is 10.9 Å². The van der Waals surface area contributed by atoms with Crippen LogP contribution in [0.25, 0.3) is 87.7 Å². The van der Waals surface area contributed by atoms with Crippen molar-refractivity contribution >= 4 is 31.5 Å². The molecule has 3 nitrogen and oxygen atoms in total. The van der Waals surface area contributed by atoms with Crippen LogP contribution in [0, 0.1) is 0 Å². The van der Waals surface area contributed by atoms with Crippen molar-refractivity contribution in [3.63, 3.8) is 0 Å². The lowest BCUT2D eigenvalue weighted by Gasteiger charge is -2.34. The van der Waals surface area contributed by atoms with Crippen LogP contribution in [-0.2, 0) is 5.41 Å². The largest absolute Gasteiger partial charge is 0.208 e. The van der Waals surface area contributed by atoms with Crippen molar-refractivity contribution in [1.29, 1.82) is 0 Å². The third-order valence-electron chi connectivity index (χ3n) is 12.2. The molecule has 9 aromatic carbocycles. The number of hydrogen-bond donors (Lipinski definition) is 0. The summed E-state index contributed by atoms with van der Waals surface area (Å²) in [4.78, 5) is 15.7. The molecule has 0 aliphatic heterocycles. The van der Waals surface area contributed by atoms with Gasteiger partial charge in [-0.2, -0.15) is 0 Å². The number of nitrogens with zero attached hydrogens (tertiary/aromatic N) is 3. The zero-order valence-electron chi connectivity index (χ0n) is 37.3. The molecule has 1 aliphatic carbocycles. The monoisotopic (exact) mass is 811 g/mol. The van der Waals surface area contributed by atoms with Gasteiger partial charge in [0.15, 0.2) is 17.5 Å². The molecule has 0 N–H and O–H groups in total. The summed E-state index contributed by atoms with van der Waals surface area (Å²) in [5.74, 6) is 0.951. The van der Waals surface area contributed by atoms with Crippen LogP contribution < -0.4 is 0 Å². The third-order valence-corrected chi connectivity index (χ3v) is 13.4. The maximum atomic E-state index is 9.41. The fourth-order valence-electron chi connectivity index (χ4n) is 9.50. The Morgan fingerprint density at radius 2 is 0.903 bits per heavy atom. The van der Waals surface area contributed by atoms with Crippen molar-refractivity contribution in [3.8, 4) is 67.5 Å². The molecule has 2 aromatic heterocycles. The van der Waals surface area contributed by atoms with Gasteiger partial charge >= 0.3 is 0 Å². The smallest absolute Gasteiger partial charge is 0.165 e. The quantitative estimate of drug-likeness (QED) is 0.161. The number of benzene rings is 9. The Labute approximate surface area is 370 Å². The number of aromatic nitrogens is 3. The zero-order chi connectivity index (χ0) is 44.5. The highest BCUT2D eigenvalue weighted by atomic mass is 32.1. The van der Waals surface area contributed by atoms with Crippen LogP contribution in [0.3, 0.4) is 0 Å². The van der Waals surface area contributed by atoms with Crippen LogP contribution in [0.5, 0.6) is 0 Å². The van der Waals surface area contributed by atoms with E-state index in [4.69, 9.17) is 17.7 Å². The fourth-order valence-corrected chi connectivity index (χ4v) is 10.7. The predicted octanol–water partition coefficient (Wildman–Crippen LogP) is 14.9. The van der Waals surface area contributed by atoms with Crippen molar-refractivity contribution < 1.29 is 5.48 Å². The molecule has 0 spiro atoms. The summed E-state index contributed by atoms with van der Waals surface area (Å²) in [6.07, 6.45) is 0. The van der Waals surface area contributed by atoms with Gasteiger partial charge in [0.25, 0.3) is 0 Å².